The van der Waals surface area contributed by atoms with E-state index in [0.29, 0.717) is 17.3 Å². The number of anilines is 1. The molecule has 0 fully saturated rings. The summed E-state index contributed by atoms with van der Waals surface area (Å²) in [6.45, 7) is 5.44. The molecule has 2 rings (SSSR count). The minimum absolute atomic E-state index is 0.0669. The largest absolute Gasteiger partial charge is 0.341 e. The van der Waals surface area contributed by atoms with Crippen LogP contribution < -0.4 is 4.90 Å². The molecule has 0 amide bonds. The second-order valence-electron chi connectivity index (χ2n) is 4.06. The van der Waals surface area contributed by atoms with Crippen molar-refractivity contribution in [1.29, 1.82) is 0 Å². The molecule has 0 N–H and O–H groups in total. The number of benzene rings is 1. The van der Waals surface area contributed by atoms with E-state index in [1.807, 2.05) is 18.7 Å². The molecule has 1 aromatic heterocycles. The summed E-state index contributed by atoms with van der Waals surface area (Å²) in [5, 5.41) is 0.346. The van der Waals surface area contributed by atoms with Crippen molar-refractivity contribution < 1.29 is 4.39 Å². The first-order valence-electron chi connectivity index (χ1n) is 6.16. The van der Waals surface area contributed by atoms with Crippen molar-refractivity contribution >= 4 is 29.2 Å². The van der Waals surface area contributed by atoms with Gasteiger partial charge < -0.3 is 4.90 Å². The van der Waals surface area contributed by atoms with E-state index in [-0.39, 0.29) is 10.3 Å². The zero-order chi connectivity index (χ0) is 14.7. The van der Waals surface area contributed by atoms with Gasteiger partial charge in [-0.25, -0.2) is 4.39 Å². The summed E-state index contributed by atoms with van der Waals surface area (Å²) in [5.41, 5.74) is 0.465. The summed E-state index contributed by atoms with van der Waals surface area (Å²) in [6, 6.07) is 4.12. The van der Waals surface area contributed by atoms with E-state index in [4.69, 9.17) is 23.2 Å². The SMILES string of the molecule is CCN(CC)c1nc(Cl)nc(-c2cc(F)cc(Cl)c2)n1. The van der Waals surface area contributed by atoms with Crippen molar-refractivity contribution in [3.8, 4) is 11.4 Å². The Morgan fingerprint density at radius 2 is 1.75 bits per heavy atom. The molecule has 1 aromatic carbocycles. The van der Waals surface area contributed by atoms with Gasteiger partial charge >= 0.3 is 0 Å². The Hall–Kier alpha value is -1.46. The van der Waals surface area contributed by atoms with Gasteiger partial charge in [-0.2, -0.15) is 15.0 Å². The van der Waals surface area contributed by atoms with Gasteiger partial charge in [-0.3, -0.25) is 0 Å². The topological polar surface area (TPSA) is 41.9 Å². The summed E-state index contributed by atoms with van der Waals surface area (Å²) in [6.07, 6.45) is 0. The fourth-order valence-corrected chi connectivity index (χ4v) is 2.18. The van der Waals surface area contributed by atoms with Crippen molar-refractivity contribution in [1.82, 2.24) is 15.0 Å². The number of nitrogens with zero attached hydrogens (tertiary/aromatic N) is 4. The Balaban J connectivity index is 2.51. The van der Waals surface area contributed by atoms with Gasteiger partial charge in [0.05, 0.1) is 0 Å². The van der Waals surface area contributed by atoms with Crippen LogP contribution in [0.25, 0.3) is 11.4 Å². The van der Waals surface area contributed by atoms with E-state index in [1.165, 1.54) is 12.1 Å². The molecule has 7 heteroatoms. The van der Waals surface area contributed by atoms with Crippen LogP contribution in [0.5, 0.6) is 0 Å². The quantitative estimate of drug-likeness (QED) is 0.860. The van der Waals surface area contributed by atoms with Crippen LogP contribution in [0.15, 0.2) is 18.2 Å². The van der Waals surface area contributed by atoms with Gasteiger partial charge in [0.25, 0.3) is 0 Å². The molecule has 4 nitrogen and oxygen atoms in total. The Kier molecular flexibility index (Phi) is 4.73. The summed E-state index contributed by atoms with van der Waals surface area (Å²) >= 11 is 11.8. The zero-order valence-electron chi connectivity index (χ0n) is 11.1. The van der Waals surface area contributed by atoms with Crippen LogP contribution in [0.1, 0.15) is 13.8 Å². The molecule has 20 heavy (non-hydrogen) atoms. The number of halogens is 3. The molecule has 0 aliphatic carbocycles. The van der Waals surface area contributed by atoms with E-state index >= 15 is 0 Å². The van der Waals surface area contributed by atoms with E-state index in [9.17, 15) is 4.39 Å². The van der Waals surface area contributed by atoms with Crippen LogP contribution in [-0.4, -0.2) is 28.0 Å². The number of aromatic nitrogens is 3. The normalized spacial score (nSPS) is 10.7. The van der Waals surface area contributed by atoms with E-state index in [1.54, 1.807) is 6.07 Å². The summed E-state index contributed by atoms with van der Waals surface area (Å²) in [7, 11) is 0. The number of hydrogen-bond donors (Lipinski definition) is 0. The molecule has 0 unspecified atom stereocenters. The summed E-state index contributed by atoms with van der Waals surface area (Å²) < 4.78 is 13.4. The van der Waals surface area contributed by atoms with Gasteiger partial charge in [-0.05, 0) is 43.6 Å². The molecule has 106 valence electrons. The first-order valence-corrected chi connectivity index (χ1v) is 6.92. The highest BCUT2D eigenvalue weighted by atomic mass is 35.5. The van der Waals surface area contributed by atoms with Crippen LogP contribution in [-0.2, 0) is 0 Å². The van der Waals surface area contributed by atoms with E-state index < -0.39 is 5.82 Å². The van der Waals surface area contributed by atoms with E-state index in [0.717, 1.165) is 13.1 Å². The van der Waals surface area contributed by atoms with Crippen LogP contribution in [0.3, 0.4) is 0 Å². The van der Waals surface area contributed by atoms with Crippen molar-refractivity contribution in [3.63, 3.8) is 0 Å². The Morgan fingerprint density at radius 1 is 1.05 bits per heavy atom. The molecule has 0 saturated heterocycles. The number of rotatable bonds is 4. The molecule has 0 aliphatic rings. The standard InChI is InChI=1S/C13H13Cl2FN4/c1-3-20(4-2)13-18-11(17-12(15)19-13)8-5-9(14)7-10(16)6-8/h5-7H,3-4H2,1-2H3. The molecule has 0 radical (unpaired) electrons. The van der Waals surface area contributed by atoms with Crippen LogP contribution in [0.2, 0.25) is 10.3 Å². The van der Waals surface area contributed by atoms with Gasteiger partial charge in [0.2, 0.25) is 11.2 Å². The molecule has 0 aliphatic heterocycles. The third-order valence-electron chi connectivity index (χ3n) is 2.76. The lowest BCUT2D eigenvalue weighted by Gasteiger charge is -2.18. The fourth-order valence-electron chi connectivity index (χ4n) is 1.80. The second kappa shape index (κ2) is 6.33. The average Bonchev–Trinajstić information content (AvgIpc) is 2.38. The maximum atomic E-state index is 13.4. The molecular formula is C13H13Cl2FN4. The minimum atomic E-state index is -0.451. The van der Waals surface area contributed by atoms with Crippen LogP contribution in [0.4, 0.5) is 10.3 Å². The summed E-state index contributed by atoms with van der Waals surface area (Å²) in [5.74, 6) is 0.312. The molecule has 1 heterocycles. The lowest BCUT2D eigenvalue weighted by molar-refractivity contribution is 0.628. The highest BCUT2D eigenvalue weighted by Gasteiger charge is 2.12. The molecule has 2 aromatic rings. The fraction of sp³-hybridized carbons (Fsp3) is 0.308. The van der Waals surface area contributed by atoms with Gasteiger partial charge in [-0.15, -0.1) is 0 Å². The van der Waals surface area contributed by atoms with E-state index in [2.05, 4.69) is 15.0 Å². The molecular weight excluding hydrogens is 302 g/mol. The maximum absolute atomic E-state index is 13.4. The van der Waals surface area contributed by atoms with Crippen molar-refractivity contribution in [2.45, 2.75) is 13.8 Å². The first-order chi connectivity index (χ1) is 9.53. The van der Waals surface area contributed by atoms with Crippen molar-refractivity contribution in [2.24, 2.45) is 0 Å². The Labute approximate surface area is 126 Å². The monoisotopic (exact) mass is 314 g/mol. The average molecular weight is 315 g/mol. The Bertz CT molecular complexity index is 597. The van der Waals surface area contributed by atoms with Crippen molar-refractivity contribution in [2.75, 3.05) is 18.0 Å². The molecule has 0 bridgehead atoms. The van der Waals surface area contributed by atoms with Gasteiger partial charge in [0.15, 0.2) is 5.82 Å². The maximum Gasteiger partial charge on any atom is 0.230 e. The Morgan fingerprint density at radius 3 is 2.35 bits per heavy atom. The zero-order valence-corrected chi connectivity index (χ0v) is 12.6. The third kappa shape index (κ3) is 3.35. The lowest BCUT2D eigenvalue weighted by Crippen LogP contribution is -2.24. The molecule has 0 atom stereocenters. The predicted octanol–water partition coefficient (Wildman–Crippen LogP) is 3.83. The third-order valence-corrected chi connectivity index (χ3v) is 3.15. The summed E-state index contributed by atoms with van der Waals surface area (Å²) in [4.78, 5) is 14.4. The van der Waals surface area contributed by atoms with Crippen LogP contribution >= 0.6 is 23.2 Å². The van der Waals surface area contributed by atoms with Gasteiger partial charge in [-0.1, -0.05) is 11.6 Å². The minimum Gasteiger partial charge on any atom is -0.341 e. The highest BCUT2D eigenvalue weighted by Crippen LogP contribution is 2.24. The molecule has 0 saturated carbocycles. The lowest BCUT2D eigenvalue weighted by atomic mass is 10.2. The predicted molar refractivity (Wildman–Crippen MR) is 78.8 cm³/mol. The van der Waals surface area contributed by atoms with Crippen molar-refractivity contribution in [3.05, 3.63) is 34.3 Å². The highest BCUT2D eigenvalue weighted by molar-refractivity contribution is 6.30. The molecule has 0 spiro atoms. The number of hydrogen-bond acceptors (Lipinski definition) is 4. The first kappa shape index (κ1) is 14.9. The van der Waals surface area contributed by atoms with Gasteiger partial charge in [0.1, 0.15) is 5.82 Å². The second-order valence-corrected chi connectivity index (χ2v) is 4.83. The van der Waals surface area contributed by atoms with Crippen LogP contribution in [0, 0.1) is 5.82 Å². The van der Waals surface area contributed by atoms with Gasteiger partial charge in [0, 0.05) is 23.7 Å². The smallest absolute Gasteiger partial charge is 0.230 e.